The van der Waals surface area contributed by atoms with Crippen molar-refractivity contribution in [3.05, 3.63) is 74.5 Å². The fraction of sp³-hybridized carbons (Fsp3) is 0.130. The maximum Gasteiger partial charge on any atom is 0.197 e. The van der Waals surface area contributed by atoms with Crippen molar-refractivity contribution in [3.63, 3.8) is 0 Å². The second kappa shape index (κ2) is 5.76. The zero-order valence-corrected chi connectivity index (χ0v) is 17.1. The van der Waals surface area contributed by atoms with Crippen LogP contribution < -0.4 is 16.2 Å². The summed E-state index contributed by atoms with van der Waals surface area (Å²) in [6, 6.07) is 15.4. The fourth-order valence-corrected chi connectivity index (χ4v) is 4.43. The third-order valence-corrected chi connectivity index (χ3v) is 6.07. The highest BCUT2D eigenvalue weighted by Crippen LogP contribution is 2.25. The summed E-state index contributed by atoms with van der Waals surface area (Å²) in [6.07, 6.45) is 0. The van der Waals surface area contributed by atoms with E-state index >= 15 is 0 Å². The lowest BCUT2D eigenvalue weighted by Gasteiger charge is -2.15. The monoisotopic (exact) mass is 386 g/mol. The zero-order valence-electron chi connectivity index (χ0n) is 15.9. The van der Waals surface area contributed by atoms with Gasteiger partial charge >= 0.3 is 0 Å². The van der Waals surface area contributed by atoms with Gasteiger partial charge in [-0.3, -0.25) is 9.59 Å². The standard InChI is InChI=1S/C23H19N2O2P/c1-12-4-6-14-18(8-12)24(2)20-10-17-21(11-16(20)22(14)26)25(3)19-9-13(28)5-7-15(19)23(17)27/h4-11H,28H2,1-3H3. The van der Waals surface area contributed by atoms with Gasteiger partial charge in [-0.25, -0.2) is 0 Å². The first-order chi connectivity index (χ1) is 13.4. The first-order valence-corrected chi connectivity index (χ1v) is 9.69. The number of hydrogen-bond donors (Lipinski definition) is 0. The molecular weight excluding hydrogens is 367 g/mol. The molecule has 0 N–H and O–H groups in total. The Kier molecular flexibility index (Phi) is 3.53. The van der Waals surface area contributed by atoms with Gasteiger partial charge in [0.25, 0.3) is 0 Å². The van der Waals surface area contributed by atoms with Crippen molar-refractivity contribution >= 4 is 58.2 Å². The molecule has 0 saturated heterocycles. The average Bonchev–Trinajstić information content (AvgIpc) is 2.69. The predicted octanol–water partition coefficient (Wildman–Crippen LogP) is 3.51. The number of rotatable bonds is 0. The Morgan fingerprint density at radius 3 is 1.68 bits per heavy atom. The van der Waals surface area contributed by atoms with Crippen LogP contribution in [0.5, 0.6) is 0 Å². The van der Waals surface area contributed by atoms with Crippen LogP contribution in [0.2, 0.25) is 0 Å². The van der Waals surface area contributed by atoms with Crippen molar-refractivity contribution in [2.24, 2.45) is 14.1 Å². The van der Waals surface area contributed by atoms with Crippen molar-refractivity contribution in [3.8, 4) is 0 Å². The van der Waals surface area contributed by atoms with E-state index in [1.807, 2.05) is 78.7 Å². The molecule has 5 aromatic rings. The van der Waals surface area contributed by atoms with Gasteiger partial charge in [0.2, 0.25) is 0 Å². The van der Waals surface area contributed by atoms with Gasteiger partial charge in [0.05, 0.1) is 22.1 Å². The molecule has 0 saturated carbocycles. The smallest absolute Gasteiger partial charge is 0.197 e. The highest BCUT2D eigenvalue weighted by atomic mass is 31.0. The van der Waals surface area contributed by atoms with Crippen LogP contribution in [0.25, 0.3) is 43.6 Å². The van der Waals surface area contributed by atoms with E-state index in [0.717, 1.165) is 32.9 Å². The Hall–Kier alpha value is -2.97. The van der Waals surface area contributed by atoms with Crippen molar-refractivity contribution in [1.82, 2.24) is 9.13 Å². The second-order valence-electron chi connectivity index (χ2n) is 7.46. The number of nitrogens with zero attached hydrogens (tertiary/aromatic N) is 2. The van der Waals surface area contributed by atoms with Gasteiger partial charge in [-0.15, -0.1) is 9.24 Å². The Bertz CT molecular complexity index is 1470. The Morgan fingerprint density at radius 2 is 1.11 bits per heavy atom. The van der Waals surface area contributed by atoms with Crippen LogP contribution >= 0.6 is 9.24 Å². The predicted molar refractivity (Wildman–Crippen MR) is 121 cm³/mol. The molecular formula is C23H19N2O2P. The van der Waals surface area contributed by atoms with Gasteiger partial charge < -0.3 is 9.13 Å². The van der Waals surface area contributed by atoms with Crippen LogP contribution in [0.1, 0.15) is 5.56 Å². The molecule has 0 aliphatic rings. The van der Waals surface area contributed by atoms with E-state index in [0.29, 0.717) is 21.5 Å². The van der Waals surface area contributed by atoms with Crippen LogP contribution in [0, 0.1) is 6.92 Å². The van der Waals surface area contributed by atoms with Crippen LogP contribution in [-0.2, 0) is 14.1 Å². The first kappa shape index (κ1) is 17.2. The number of benzene rings is 3. The Morgan fingerprint density at radius 1 is 0.643 bits per heavy atom. The maximum atomic E-state index is 13.2. The zero-order chi connectivity index (χ0) is 19.7. The van der Waals surface area contributed by atoms with Gasteiger partial charge in [0.15, 0.2) is 10.9 Å². The lowest BCUT2D eigenvalue weighted by Crippen LogP contribution is -2.14. The normalized spacial score (nSPS) is 11.9. The maximum absolute atomic E-state index is 13.2. The minimum Gasteiger partial charge on any atom is -0.343 e. The molecule has 1 unspecified atom stereocenters. The summed E-state index contributed by atoms with van der Waals surface area (Å²) in [5, 5.41) is 3.64. The van der Waals surface area contributed by atoms with Crippen LogP contribution in [0.3, 0.4) is 0 Å². The molecule has 0 aliphatic carbocycles. The molecule has 5 rings (SSSR count). The summed E-state index contributed by atoms with van der Waals surface area (Å²) in [5.41, 5.74) is 4.36. The minimum atomic E-state index is -0.00760. The molecule has 0 fully saturated rings. The van der Waals surface area contributed by atoms with Gasteiger partial charge in [0.1, 0.15) is 0 Å². The highest BCUT2D eigenvalue weighted by Gasteiger charge is 2.14. The largest absolute Gasteiger partial charge is 0.343 e. The number of hydrogen-bond acceptors (Lipinski definition) is 2. The number of aromatic nitrogens is 2. The summed E-state index contributed by atoms with van der Waals surface area (Å²) in [7, 11) is 6.55. The second-order valence-corrected chi connectivity index (χ2v) is 8.13. The van der Waals surface area contributed by atoms with Gasteiger partial charge in [-0.05, 0) is 54.2 Å². The third kappa shape index (κ3) is 2.22. The number of pyridine rings is 2. The number of fused-ring (bicyclic) bond motifs is 4. The molecule has 0 bridgehead atoms. The molecule has 1 atom stereocenters. The van der Waals surface area contributed by atoms with Crippen molar-refractivity contribution in [1.29, 1.82) is 0 Å². The summed E-state index contributed by atoms with van der Waals surface area (Å²) in [5.74, 6) is 0. The molecule has 0 radical (unpaired) electrons. The van der Waals surface area contributed by atoms with E-state index < -0.39 is 0 Å². The Balaban J connectivity index is 2.08. The SMILES string of the molecule is Cc1ccc2c(=O)c3cc4c(cc3n(C)c2c1)c(=O)c1ccc(P)cc1n4C. The van der Waals surface area contributed by atoms with Crippen LogP contribution in [0.4, 0.5) is 0 Å². The van der Waals surface area contributed by atoms with E-state index in [4.69, 9.17) is 0 Å². The highest BCUT2D eigenvalue weighted by molar-refractivity contribution is 7.27. The van der Waals surface area contributed by atoms with Crippen LogP contribution in [0.15, 0.2) is 58.1 Å². The first-order valence-electron chi connectivity index (χ1n) is 9.12. The molecule has 0 amide bonds. The minimum absolute atomic E-state index is 0.00246. The van der Waals surface area contributed by atoms with E-state index in [2.05, 4.69) is 9.24 Å². The van der Waals surface area contributed by atoms with Gasteiger partial charge in [0, 0.05) is 35.6 Å². The average molecular weight is 386 g/mol. The van der Waals surface area contributed by atoms with E-state index in [1.54, 1.807) is 0 Å². The molecule has 138 valence electrons. The third-order valence-electron chi connectivity index (χ3n) is 5.71. The summed E-state index contributed by atoms with van der Waals surface area (Å²) < 4.78 is 4.01. The van der Waals surface area contributed by atoms with Crippen molar-refractivity contribution in [2.45, 2.75) is 6.92 Å². The van der Waals surface area contributed by atoms with E-state index in [1.165, 1.54) is 0 Å². The van der Waals surface area contributed by atoms with Crippen molar-refractivity contribution < 1.29 is 0 Å². The van der Waals surface area contributed by atoms with Gasteiger partial charge in [-0.1, -0.05) is 12.1 Å². The fourth-order valence-electron chi connectivity index (χ4n) is 4.17. The Labute approximate surface area is 163 Å². The number of aryl methyl sites for hydroxylation is 3. The molecule has 0 aliphatic heterocycles. The summed E-state index contributed by atoms with van der Waals surface area (Å²) in [4.78, 5) is 26.4. The quantitative estimate of drug-likeness (QED) is 0.302. The molecule has 5 heteroatoms. The molecule has 4 nitrogen and oxygen atoms in total. The molecule has 2 aromatic heterocycles. The topological polar surface area (TPSA) is 44.0 Å². The summed E-state index contributed by atoms with van der Waals surface area (Å²) in [6.45, 7) is 2.01. The molecule has 28 heavy (non-hydrogen) atoms. The van der Waals surface area contributed by atoms with Crippen molar-refractivity contribution in [2.75, 3.05) is 0 Å². The molecule has 0 spiro atoms. The van der Waals surface area contributed by atoms with E-state index in [9.17, 15) is 9.59 Å². The van der Waals surface area contributed by atoms with Gasteiger partial charge in [-0.2, -0.15) is 0 Å². The summed E-state index contributed by atoms with van der Waals surface area (Å²) >= 11 is 0. The molecule has 3 aromatic carbocycles. The lowest BCUT2D eigenvalue weighted by atomic mass is 10.0. The van der Waals surface area contributed by atoms with Crippen LogP contribution in [-0.4, -0.2) is 9.13 Å². The van der Waals surface area contributed by atoms with E-state index in [-0.39, 0.29) is 10.9 Å². The molecule has 2 heterocycles. The lowest BCUT2D eigenvalue weighted by molar-refractivity contribution is 0.993.